The van der Waals surface area contributed by atoms with Crippen LogP contribution in [0.15, 0.2) is 24.3 Å². The molecule has 4 nitrogen and oxygen atoms in total. The Kier molecular flexibility index (Phi) is 5.11. The molecule has 2 amide bonds. The number of hydrogen-bond acceptors (Lipinski definition) is 2. The largest absolute Gasteiger partial charge is 0.340 e. The fourth-order valence-corrected chi connectivity index (χ4v) is 3.76. The predicted octanol–water partition coefficient (Wildman–Crippen LogP) is 3.38. The summed E-state index contributed by atoms with van der Waals surface area (Å²) < 4.78 is 15.3. The maximum atomic E-state index is 15.3. The number of nitrogens with zero attached hydrogens (tertiary/aromatic N) is 2. The number of halogens is 1. The molecule has 0 N–H and O–H groups in total. The van der Waals surface area contributed by atoms with Gasteiger partial charge in [0, 0.05) is 25.2 Å². The Labute approximate surface area is 149 Å². The van der Waals surface area contributed by atoms with E-state index in [1.807, 2.05) is 12.1 Å². The zero-order valence-electron chi connectivity index (χ0n) is 15.1. The molecule has 0 spiro atoms. The molecule has 2 saturated heterocycles. The lowest BCUT2D eigenvalue weighted by molar-refractivity contribution is -0.146. The molecule has 1 aromatic rings. The molecule has 25 heavy (non-hydrogen) atoms. The van der Waals surface area contributed by atoms with Gasteiger partial charge in [-0.1, -0.05) is 26.0 Å². The van der Waals surface area contributed by atoms with E-state index in [0.717, 1.165) is 12.8 Å². The van der Waals surface area contributed by atoms with Gasteiger partial charge in [-0.2, -0.15) is 0 Å². The molecule has 0 aliphatic carbocycles. The Morgan fingerprint density at radius 3 is 2.20 bits per heavy atom. The predicted molar refractivity (Wildman–Crippen MR) is 95.3 cm³/mol. The van der Waals surface area contributed by atoms with Crippen LogP contribution in [0.1, 0.15) is 61.4 Å². The second-order valence-electron chi connectivity index (χ2n) is 7.57. The average Bonchev–Trinajstić information content (AvgIpc) is 3.15. The van der Waals surface area contributed by atoms with Gasteiger partial charge in [0.05, 0.1) is 6.54 Å². The summed E-state index contributed by atoms with van der Waals surface area (Å²) >= 11 is 0. The topological polar surface area (TPSA) is 40.6 Å². The number of benzene rings is 1. The van der Waals surface area contributed by atoms with Gasteiger partial charge in [0.15, 0.2) is 0 Å². The lowest BCUT2D eigenvalue weighted by atomic mass is 9.92. The first-order chi connectivity index (χ1) is 11.9. The molecule has 0 aromatic heterocycles. The average molecular weight is 346 g/mol. The van der Waals surface area contributed by atoms with Gasteiger partial charge in [0.1, 0.15) is 0 Å². The maximum absolute atomic E-state index is 15.3. The van der Waals surface area contributed by atoms with E-state index in [0.29, 0.717) is 37.5 Å². The zero-order valence-corrected chi connectivity index (χ0v) is 15.1. The van der Waals surface area contributed by atoms with Crippen molar-refractivity contribution in [3.05, 3.63) is 35.4 Å². The Morgan fingerprint density at radius 2 is 1.60 bits per heavy atom. The summed E-state index contributed by atoms with van der Waals surface area (Å²) in [6, 6.07) is 7.49. The van der Waals surface area contributed by atoms with Gasteiger partial charge in [-0.15, -0.1) is 0 Å². The molecule has 0 saturated carbocycles. The van der Waals surface area contributed by atoms with E-state index in [1.165, 1.54) is 10.5 Å². The Balaban J connectivity index is 1.71. The van der Waals surface area contributed by atoms with Crippen molar-refractivity contribution >= 4 is 11.8 Å². The minimum atomic E-state index is -1.93. The fourth-order valence-electron chi connectivity index (χ4n) is 3.76. The number of hydrogen-bond donors (Lipinski definition) is 0. The van der Waals surface area contributed by atoms with Gasteiger partial charge in [0.2, 0.25) is 5.67 Å². The molecule has 136 valence electrons. The highest BCUT2D eigenvalue weighted by molar-refractivity contribution is 5.95. The van der Waals surface area contributed by atoms with Gasteiger partial charge >= 0.3 is 0 Å². The summed E-state index contributed by atoms with van der Waals surface area (Å²) in [4.78, 5) is 28.4. The van der Waals surface area contributed by atoms with Gasteiger partial charge in [-0.25, -0.2) is 4.39 Å². The van der Waals surface area contributed by atoms with Crippen LogP contribution in [0.3, 0.4) is 0 Å². The summed E-state index contributed by atoms with van der Waals surface area (Å²) in [6.45, 7) is 5.84. The van der Waals surface area contributed by atoms with Crippen molar-refractivity contribution in [2.45, 2.75) is 51.1 Å². The number of likely N-dealkylation sites (tertiary alicyclic amines) is 2. The molecular formula is C20H27FN2O2. The number of carbonyl (C=O) groups excluding carboxylic acids is 2. The van der Waals surface area contributed by atoms with Crippen LogP contribution < -0.4 is 0 Å². The summed E-state index contributed by atoms with van der Waals surface area (Å²) in [5.74, 6) is -0.223. The molecule has 2 fully saturated rings. The lowest BCUT2D eigenvalue weighted by Gasteiger charge is -2.38. The first-order valence-electron chi connectivity index (χ1n) is 9.28. The van der Waals surface area contributed by atoms with Crippen LogP contribution in [0.4, 0.5) is 4.39 Å². The molecule has 1 unspecified atom stereocenters. The molecule has 1 atom stereocenters. The van der Waals surface area contributed by atoms with E-state index >= 15 is 4.39 Å². The van der Waals surface area contributed by atoms with Crippen LogP contribution in [0.25, 0.3) is 0 Å². The first kappa shape index (κ1) is 17.9. The second-order valence-corrected chi connectivity index (χ2v) is 7.57. The van der Waals surface area contributed by atoms with Crippen LogP contribution in [0.2, 0.25) is 0 Å². The normalized spacial score (nSPS) is 24.0. The quantitative estimate of drug-likeness (QED) is 0.842. The number of alkyl halides is 1. The van der Waals surface area contributed by atoms with E-state index in [4.69, 9.17) is 0 Å². The van der Waals surface area contributed by atoms with Crippen molar-refractivity contribution in [3.63, 3.8) is 0 Å². The third-order valence-electron chi connectivity index (χ3n) is 5.33. The molecule has 2 aliphatic heterocycles. The van der Waals surface area contributed by atoms with Crippen LogP contribution in [0.5, 0.6) is 0 Å². The van der Waals surface area contributed by atoms with E-state index in [1.54, 1.807) is 17.0 Å². The number of carbonyl (C=O) groups is 2. The minimum Gasteiger partial charge on any atom is -0.340 e. The third-order valence-corrected chi connectivity index (χ3v) is 5.33. The highest BCUT2D eigenvalue weighted by atomic mass is 19.1. The molecule has 1 aromatic carbocycles. The third kappa shape index (κ3) is 3.70. The molecule has 0 radical (unpaired) electrons. The smallest absolute Gasteiger partial charge is 0.262 e. The molecular weight excluding hydrogens is 319 g/mol. The first-order valence-corrected chi connectivity index (χ1v) is 9.28. The van der Waals surface area contributed by atoms with Crippen LogP contribution in [0, 0.1) is 0 Å². The number of piperidine rings is 1. The SMILES string of the molecule is CC(C)c1ccc(C(=O)N2CCCC(F)(C(=O)N3CCCC3)C2)cc1. The molecule has 2 aliphatic rings. The molecule has 2 heterocycles. The highest BCUT2D eigenvalue weighted by Gasteiger charge is 2.46. The molecule has 0 bridgehead atoms. The summed E-state index contributed by atoms with van der Waals surface area (Å²) in [7, 11) is 0. The van der Waals surface area contributed by atoms with Gasteiger partial charge in [0.25, 0.3) is 11.8 Å². The number of rotatable bonds is 3. The minimum absolute atomic E-state index is 0.132. The van der Waals surface area contributed by atoms with Crippen molar-refractivity contribution in [2.24, 2.45) is 0 Å². The van der Waals surface area contributed by atoms with Crippen molar-refractivity contribution < 1.29 is 14.0 Å². The Morgan fingerprint density at radius 1 is 1.00 bits per heavy atom. The van der Waals surface area contributed by atoms with Crippen LogP contribution >= 0.6 is 0 Å². The van der Waals surface area contributed by atoms with Gasteiger partial charge < -0.3 is 9.80 Å². The van der Waals surface area contributed by atoms with Crippen molar-refractivity contribution in [2.75, 3.05) is 26.2 Å². The number of amides is 2. The monoisotopic (exact) mass is 346 g/mol. The van der Waals surface area contributed by atoms with Crippen molar-refractivity contribution in [3.8, 4) is 0 Å². The molecule has 5 heteroatoms. The van der Waals surface area contributed by atoms with Crippen molar-refractivity contribution in [1.82, 2.24) is 9.80 Å². The maximum Gasteiger partial charge on any atom is 0.262 e. The summed E-state index contributed by atoms with van der Waals surface area (Å²) in [5.41, 5.74) is -0.211. The van der Waals surface area contributed by atoms with E-state index in [-0.39, 0.29) is 18.9 Å². The van der Waals surface area contributed by atoms with E-state index in [9.17, 15) is 9.59 Å². The fraction of sp³-hybridized carbons (Fsp3) is 0.600. The standard InChI is InChI=1S/C20H27FN2O2/c1-15(2)16-6-8-17(9-7-16)18(24)23-13-5-10-20(21,14-23)19(25)22-11-3-4-12-22/h6-9,15H,3-5,10-14H2,1-2H3. The lowest BCUT2D eigenvalue weighted by Crippen LogP contribution is -2.56. The van der Waals surface area contributed by atoms with E-state index in [2.05, 4.69) is 13.8 Å². The highest BCUT2D eigenvalue weighted by Crippen LogP contribution is 2.30. The molecule has 3 rings (SSSR count). The second kappa shape index (κ2) is 7.14. The Hall–Kier alpha value is -1.91. The van der Waals surface area contributed by atoms with E-state index < -0.39 is 11.6 Å². The van der Waals surface area contributed by atoms with Crippen LogP contribution in [-0.4, -0.2) is 53.5 Å². The summed E-state index contributed by atoms with van der Waals surface area (Å²) in [6.07, 6.45) is 2.60. The summed E-state index contributed by atoms with van der Waals surface area (Å²) in [5, 5.41) is 0. The van der Waals surface area contributed by atoms with Gasteiger partial charge in [-0.3, -0.25) is 9.59 Å². The van der Waals surface area contributed by atoms with Crippen LogP contribution in [-0.2, 0) is 4.79 Å². The van der Waals surface area contributed by atoms with Gasteiger partial charge in [-0.05, 0) is 49.3 Å². The Bertz CT molecular complexity index is 638. The van der Waals surface area contributed by atoms with Crippen molar-refractivity contribution in [1.29, 1.82) is 0 Å². The zero-order chi connectivity index (χ0) is 18.0.